The third kappa shape index (κ3) is 2.87. The number of nitrogens with zero attached hydrogens (tertiary/aromatic N) is 1. The minimum atomic E-state index is -0.282. The van der Waals surface area contributed by atoms with E-state index in [0.29, 0.717) is 26.5 Å². The SMILES string of the molecule is Cn1c(O)c2ccccc2c1C(=O)NCc1ccc(Cl)cc1Cl. The van der Waals surface area contributed by atoms with Crippen LogP contribution >= 0.6 is 23.2 Å². The van der Waals surface area contributed by atoms with Crippen molar-refractivity contribution in [1.82, 2.24) is 9.88 Å². The molecular weight excluding hydrogens is 335 g/mol. The molecule has 0 unspecified atom stereocenters. The van der Waals surface area contributed by atoms with Crippen LogP contribution in [0.25, 0.3) is 10.8 Å². The van der Waals surface area contributed by atoms with Crippen LogP contribution in [-0.2, 0) is 13.6 Å². The van der Waals surface area contributed by atoms with Gasteiger partial charge in [0.1, 0.15) is 5.69 Å². The van der Waals surface area contributed by atoms with E-state index in [0.717, 1.165) is 5.56 Å². The lowest BCUT2D eigenvalue weighted by molar-refractivity contribution is 0.0943. The Kier molecular flexibility index (Phi) is 4.20. The Morgan fingerprint density at radius 3 is 2.57 bits per heavy atom. The molecule has 0 aliphatic carbocycles. The number of carbonyl (C=O) groups excluding carboxylic acids is 1. The Morgan fingerprint density at radius 1 is 1.17 bits per heavy atom. The average Bonchev–Trinajstić information content (AvgIpc) is 2.78. The quantitative estimate of drug-likeness (QED) is 0.747. The molecule has 3 rings (SSSR count). The highest BCUT2D eigenvalue weighted by molar-refractivity contribution is 6.35. The van der Waals surface area contributed by atoms with E-state index < -0.39 is 0 Å². The summed E-state index contributed by atoms with van der Waals surface area (Å²) in [5.41, 5.74) is 1.18. The third-order valence-corrected chi connectivity index (χ3v) is 4.33. The summed E-state index contributed by atoms with van der Waals surface area (Å²) in [4.78, 5) is 12.5. The molecule has 0 spiro atoms. The maximum atomic E-state index is 12.5. The van der Waals surface area contributed by atoms with Crippen LogP contribution in [-0.4, -0.2) is 15.6 Å². The van der Waals surface area contributed by atoms with E-state index in [1.54, 1.807) is 37.4 Å². The molecule has 3 aromatic rings. The largest absolute Gasteiger partial charge is 0.494 e. The van der Waals surface area contributed by atoms with Gasteiger partial charge in [-0.15, -0.1) is 0 Å². The normalized spacial score (nSPS) is 10.9. The Bertz CT molecular complexity index is 903. The molecule has 2 aromatic carbocycles. The highest BCUT2D eigenvalue weighted by Crippen LogP contribution is 2.30. The van der Waals surface area contributed by atoms with Crippen LogP contribution in [0.3, 0.4) is 0 Å². The van der Waals surface area contributed by atoms with Crippen LogP contribution in [0.4, 0.5) is 0 Å². The maximum Gasteiger partial charge on any atom is 0.268 e. The monoisotopic (exact) mass is 348 g/mol. The fourth-order valence-corrected chi connectivity index (χ4v) is 3.03. The van der Waals surface area contributed by atoms with Crippen LogP contribution < -0.4 is 5.32 Å². The number of halogens is 2. The van der Waals surface area contributed by atoms with Gasteiger partial charge in [0, 0.05) is 34.4 Å². The smallest absolute Gasteiger partial charge is 0.268 e. The van der Waals surface area contributed by atoms with Gasteiger partial charge in [0.2, 0.25) is 0 Å². The standard InChI is InChI=1S/C17H14Cl2N2O2/c1-21-15(12-4-2-3-5-13(12)17(21)23)16(22)20-9-10-6-7-11(18)8-14(10)19/h2-8,23H,9H2,1H3,(H,20,22). The summed E-state index contributed by atoms with van der Waals surface area (Å²) in [7, 11) is 1.65. The van der Waals surface area contributed by atoms with E-state index in [9.17, 15) is 9.90 Å². The molecular formula is C17H14Cl2N2O2. The molecule has 2 N–H and O–H groups in total. The summed E-state index contributed by atoms with van der Waals surface area (Å²) in [6.45, 7) is 0.273. The molecule has 0 aliphatic heterocycles. The molecule has 0 atom stereocenters. The number of carbonyl (C=O) groups is 1. The van der Waals surface area contributed by atoms with Crippen LogP contribution in [0, 0.1) is 0 Å². The minimum absolute atomic E-state index is 0.0651. The van der Waals surface area contributed by atoms with Crippen molar-refractivity contribution in [2.45, 2.75) is 6.54 Å². The van der Waals surface area contributed by atoms with Crippen LogP contribution in [0.15, 0.2) is 42.5 Å². The van der Waals surface area contributed by atoms with Crippen molar-refractivity contribution in [3.05, 3.63) is 63.8 Å². The Morgan fingerprint density at radius 2 is 1.87 bits per heavy atom. The lowest BCUT2D eigenvalue weighted by Crippen LogP contribution is -2.25. The van der Waals surface area contributed by atoms with E-state index >= 15 is 0 Å². The van der Waals surface area contributed by atoms with Gasteiger partial charge in [0.25, 0.3) is 5.91 Å². The molecule has 23 heavy (non-hydrogen) atoms. The van der Waals surface area contributed by atoms with Crippen molar-refractivity contribution in [3.63, 3.8) is 0 Å². The fraction of sp³-hybridized carbons (Fsp3) is 0.118. The van der Waals surface area contributed by atoms with Crippen molar-refractivity contribution in [1.29, 1.82) is 0 Å². The van der Waals surface area contributed by atoms with Crippen molar-refractivity contribution in [2.75, 3.05) is 0 Å². The molecule has 1 heterocycles. The first kappa shape index (κ1) is 15.7. The number of benzene rings is 2. The Labute approximate surface area is 143 Å². The molecule has 0 fully saturated rings. The summed E-state index contributed by atoms with van der Waals surface area (Å²) < 4.78 is 1.48. The molecule has 4 nitrogen and oxygen atoms in total. The van der Waals surface area contributed by atoms with E-state index in [-0.39, 0.29) is 18.3 Å². The molecule has 1 aromatic heterocycles. The Balaban J connectivity index is 1.88. The molecule has 0 saturated carbocycles. The maximum absolute atomic E-state index is 12.5. The van der Waals surface area contributed by atoms with E-state index in [1.165, 1.54) is 4.57 Å². The number of rotatable bonds is 3. The van der Waals surface area contributed by atoms with Gasteiger partial charge in [-0.2, -0.15) is 0 Å². The first-order valence-corrected chi connectivity index (χ1v) is 7.73. The number of hydrogen-bond donors (Lipinski definition) is 2. The van der Waals surface area contributed by atoms with Crippen LogP contribution in [0.5, 0.6) is 5.88 Å². The molecule has 1 amide bonds. The highest BCUT2D eigenvalue weighted by atomic mass is 35.5. The summed E-state index contributed by atoms with van der Waals surface area (Å²) in [5, 5.41) is 15.3. The van der Waals surface area contributed by atoms with Gasteiger partial charge >= 0.3 is 0 Å². The second-order valence-electron chi connectivity index (χ2n) is 5.20. The zero-order chi connectivity index (χ0) is 16.6. The van der Waals surface area contributed by atoms with E-state index in [4.69, 9.17) is 23.2 Å². The first-order valence-electron chi connectivity index (χ1n) is 6.97. The molecule has 118 valence electrons. The van der Waals surface area contributed by atoms with E-state index in [1.807, 2.05) is 12.1 Å². The van der Waals surface area contributed by atoms with Gasteiger partial charge in [-0.05, 0) is 23.8 Å². The van der Waals surface area contributed by atoms with E-state index in [2.05, 4.69) is 5.32 Å². The summed E-state index contributed by atoms with van der Waals surface area (Å²) in [5.74, 6) is -0.217. The van der Waals surface area contributed by atoms with Gasteiger partial charge in [-0.25, -0.2) is 0 Å². The van der Waals surface area contributed by atoms with Gasteiger partial charge < -0.3 is 15.0 Å². The molecule has 0 saturated heterocycles. The van der Waals surface area contributed by atoms with Gasteiger partial charge in [-0.3, -0.25) is 4.79 Å². The molecule has 6 heteroatoms. The average molecular weight is 349 g/mol. The first-order chi connectivity index (χ1) is 11.0. The predicted octanol–water partition coefficient (Wildman–Crippen LogP) is 4.12. The predicted molar refractivity (Wildman–Crippen MR) is 92.2 cm³/mol. The lowest BCUT2D eigenvalue weighted by Gasteiger charge is -2.09. The molecule has 0 aliphatic rings. The minimum Gasteiger partial charge on any atom is -0.494 e. The second kappa shape index (κ2) is 6.14. The van der Waals surface area contributed by atoms with Crippen molar-refractivity contribution >= 4 is 39.9 Å². The van der Waals surface area contributed by atoms with Gasteiger partial charge in [0.15, 0.2) is 5.88 Å². The van der Waals surface area contributed by atoms with Crippen LogP contribution in [0.1, 0.15) is 16.1 Å². The lowest BCUT2D eigenvalue weighted by atomic mass is 10.1. The van der Waals surface area contributed by atoms with Crippen molar-refractivity contribution in [3.8, 4) is 5.88 Å². The summed E-state index contributed by atoms with van der Waals surface area (Å²) >= 11 is 12.0. The topological polar surface area (TPSA) is 54.3 Å². The number of nitrogens with one attached hydrogen (secondary N) is 1. The highest BCUT2D eigenvalue weighted by Gasteiger charge is 2.19. The zero-order valence-corrected chi connectivity index (χ0v) is 13.8. The van der Waals surface area contributed by atoms with Gasteiger partial charge in [0.05, 0.1) is 0 Å². The second-order valence-corrected chi connectivity index (χ2v) is 6.04. The van der Waals surface area contributed by atoms with Crippen molar-refractivity contribution < 1.29 is 9.90 Å². The third-order valence-electron chi connectivity index (χ3n) is 3.75. The fourth-order valence-electron chi connectivity index (χ4n) is 2.55. The molecule has 0 bridgehead atoms. The van der Waals surface area contributed by atoms with Crippen molar-refractivity contribution in [2.24, 2.45) is 7.05 Å². The number of aromatic hydroxyl groups is 1. The number of fused-ring (bicyclic) bond motifs is 1. The van der Waals surface area contributed by atoms with Crippen LogP contribution in [0.2, 0.25) is 10.0 Å². The number of hydrogen-bond acceptors (Lipinski definition) is 2. The molecule has 0 radical (unpaired) electrons. The zero-order valence-electron chi connectivity index (χ0n) is 12.3. The summed E-state index contributed by atoms with van der Waals surface area (Å²) in [6, 6.07) is 12.3. The Hall–Kier alpha value is -2.17. The number of aromatic nitrogens is 1. The number of amides is 1. The summed E-state index contributed by atoms with van der Waals surface area (Å²) in [6.07, 6.45) is 0. The van der Waals surface area contributed by atoms with Gasteiger partial charge in [-0.1, -0.05) is 47.5 Å².